The number of likely N-dealkylation sites (tertiary alicyclic amines) is 1. The van der Waals surface area contributed by atoms with Crippen molar-refractivity contribution >= 4 is 23.6 Å². The zero-order chi connectivity index (χ0) is 25.2. The van der Waals surface area contributed by atoms with Crippen molar-refractivity contribution in [2.45, 2.75) is 35.6 Å². The lowest BCUT2D eigenvalue weighted by atomic mass is 9.92. The Balaban J connectivity index is 1.81. The van der Waals surface area contributed by atoms with E-state index in [1.54, 1.807) is 42.3 Å². The molecular weight excluding hydrogens is 469 g/mol. The normalized spacial score (nSPS) is 19.6. The molecule has 182 valence electrons. The van der Waals surface area contributed by atoms with Crippen LogP contribution in [0.3, 0.4) is 0 Å². The summed E-state index contributed by atoms with van der Waals surface area (Å²) in [5, 5.41) is 10.5. The fraction of sp³-hybridized carbons (Fsp3) is 0.259. The summed E-state index contributed by atoms with van der Waals surface area (Å²) < 4.78 is 23.0. The van der Waals surface area contributed by atoms with Crippen molar-refractivity contribution in [3.05, 3.63) is 89.2 Å². The van der Waals surface area contributed by atoms with Gasteiger partial charge in [0.1, 0.15) is 17.3 Å². The van der Waals surface area contributed by atoms with Gasteiger partial charge in [-0.05, 0) is 48.9 Å². The molecule has 2 atom stereocenters. The van der Waals surface area contributed by atoms with Crippen LogP contribution in [0.25, 0.3) is 0 Å². The molecule has 8 heteroatoms. The van der Waals surface area contributed by atoms with E-state index < -0.39 is 22.6 Å². The molecule has 35 heavy (non-hydrogen) atoms. The molecule has 1 aliphatic heterocycles. The van der Waals surface area contributed by atoms with Gasteiger partial charge in [-0.25, -0.2) is 4.39 Å². The fourth-order valence-corrected chi connectivity index (χ4v) is 5.75. The Hall–Kier alpha value is -3.52. The number of methoxy groups -OCH3 is 2. The molecule has 1 fully saturated rings. The van der Waals surface area contributed by atoms with Gasteiger partial charge in [0.2, 0.25) is 5.91 Å². The fourth-order valence-electron chi connectivity index (χ4n) is 4.40. The van der Waals surface area contributed by atoms with E-state index in [1.165, 1.54) is 19.2 Å². The quantitative estimate of drug-likeness (QED) is 0.461. The smallest absolute Gasteiger partial charge is 0.323 e. The average Bonchev–Trinajstić information content (AvgIpc) is 3.13. The van der Waals surface area contributed by atoms with Crippen LogP contribution in [0, 0.1) is 12.7 Å². The minimum absolute atomic E-state index is 0.123. The summed E-state index contributed by atoms with van der Waals surface area (Å²) >= 11 is 1.15. The van der Waals surface area contributed by atoms with Gasteiger partial charge in [-0.2, -0.15) is 0 Å². The number of thioether (sulfide) groups is 1. The summed E-state index contributed by atoms with van der Waals surface area (Å²) in [4.78, 5) is 28.6. The second-order valence-electron chi connectivity index (χ2n) is 8.44. The molecule has 0 saturated carbocycles. The Morgan fingerprint density at radius 1 is 1.09 bits per heavy atom. The summed E-state index contributed by atoms with van der Waals surface area (Å²) in [6.45, 7) is 2.07. The van der Waals surface area contributed by atoms with Crippen molar-refractivity contribution in [3.63, 3.8) is 0 Å². The number of halogens is 1. The van der Waals surface area contributed by atoms with Crippen molar-refractivity contribution in [1.29, 1.82) is 0 Å². The van der Waals surface area contributed by atoms with E-state index in [9.17, 15) is 19.1 Å². The molecule has 1 N–H and O–H groups in total. The number of benzene rings is 3. The lowest BCUT2D eigenvalue weighted by Gasteiger charge is -2.35. The van der Waals surface area contributed by atoms with E-state index in [4.69, 9.17) is 9.47 Å². The van der Waals surface area contributed by atoms with E-state index in [2.05, 4.69) is 0 Å². The van der Waals surface area contributed by atoms with Gasteiger partial charge in [0.15, 0.2) is 4.75 Å². The summed E-state index contributed by atoms with van der Waals surface area (Å²) in [7, 11) is 3.07. The standard InChI is InChI=1S/C27H26FNO5S/c1-17-4-12-22(13-5-17)35-27(26(31)32)15-24(30)29(25(27)18-6-9-20(28)10-7-18)16-19-8-11-21(33-2)14-23(19)34-3/h4-14,25H,15-16H2,1-3H3,(H,31,32). The van der Waals surface area contributed by atoms with Gasteiger partial charge < -0.3 is 19.5 Å². The van der Waals surface area contributed by atoms with Crippen LogP contribution in [0.1, 0.15) is 29.2 Å². The molecule has 4 rings (SSSR count). The number of ether oxygens (including phenoxy) is 2. The van der Waals surface area contributed by atoms with E-state index in [1.807, 2.05) is 31.2 Å². The molecule has 0 bridgehead atoms. The maximum absolute atomic E-state index is 13.8. The summed E-state index contributed by atoms with van der Waals surface area (Å²) in [6.07, 6.45) is -0.207. The van der Waals surface area contributed by atoms with Crippen molar-refractivity contribution in [3.8, 4) is 11.5 Å². The van der Waals surface area contributed by atoms with Crippen molar-refractivity contribution < 1.29 is 28.6 Å². The number of hydrogen-bond donors (Lipinski definition) is 1. The van der Waals surface area contributed by atoms with Gasteiger partial charge in [0.05, 0.1) is 26.7 Å². The predicted octanol–water partition coefficient (Wildman–Crippen LogP) is 5.24. The third-order valence-electron chi connectivity index (χ3n) is 6.19. The molecular formula is C27H26FNO5S. The molecule has 1 saturated heterocycles. The maximum atomic E-state index is 13.8. The predicted molar refractivity (Wildman–Crippen MR) is 131 cm³/mol. The van der Waals surface area contributed by atoms with Crippen LogP contribution in [0.4, 0.5) is 4.39 Å². The van der Waals surface area contributed by atoms with Gasteiger partial charge in [-0.3, -0.25) is 9.59 Å². The summed E-state index contributed by atoms with van der Waals surface area (Å²) in [6, 6.07) is 17.6. The number of carboxylic acids is 1. The lowest BCUT2D eigenvalue weighted by Crippen LogP contribution is -2.41. The number of carbonyl (C=O) groups is 2. The third kappa shape index (κ3) is 4.84. The highest BCUT2D eigenvalue weighted by Crippen LogP contribution is 2.53. The molecule has 1 aliphatic rings. The minimum atomic E-state index is -1.51. The first-order chi connectivity index (χ1) is 16.8. The molecule has 1 heterocycles. The number of aliphatic carboxylic acids is 1. The third-order valence-corrected chi connectivity index (χ3v) is 7.61. The maximum Gasteiger partial charge on any atom is 0.323 e. The van der Waals surface area contributed by atoms with E-state index in [-0.39, 0.29) is 18.9 Å². The highest BCUT2D eigenvalue weighted by molar-refractivity contribution is 8.01. The number of aryl methyl sites for hydroxylation is 1. The van der Waals surface area contributed by atoms with Crippen LogP contribution < -0.4 is 9.47 Å². The molecule has 3 aromatic rings. The van der Waals surface area contributed by atoms with Gasteiger partial charge >= 0.3 is 5.97 Å². The van der Waals surface area contributed by atoms with Gasteiger partial charge in [0.25, 0.3) is 0 Å². The first kappa shape index (κ1) is 24.6. The second-order valence-corrected chi connectivity index (χ2v) is 9.84. The Labute approximate surface area is 207 Å². The molecule has 1 amide bonds. The topological polar surface area (TPSA) is 76.1 Å². The Kier molecular flexibility index (Phi) is 7.03. The van der Waals surface area contributed by atoms with Crippen molar-refractivity contribution in [2.75, 3.05) is 14.2 Å². The number of nitrogens with zero attached hydrogens (tertiary/aromatic N) is 1. The Morgan fingerprint density at radius 2 is 1.77 bits per heavy atom. The Bertz CT molecular complexity index is 1230. The van der Waals surface area contributed by atoms with Gasteiger partial charge in [0, 0.05) is 23.1 Å². The Morgan fingerprint density at radius 3 is 2.37 bits per heavy atom. The lowest BCUT2D eigenvalue weighted by molar-refractivity contribution is -0.140. The summed E-state index contributed by atoms with van der Waals surface area (Å²) in [5.74, 6) is -0.722. The highest BCUT2D eigenvalue weighted by atomic mass is 32.2. The van der Waals surface area contributed by atoms with Crippen LogP contribution in [0.15, 0.2) is 71.6 Å². The van der Waals surface area contributed by atoms with Crippen molar-refractivity contribution in [1.82, 2.24) is 4.90 Å². The zero-order valence-electron chi connectivity index (χ0n) is 19.7. The highest BCUT2D eigenvalue weighted by Gasteiger charge is 2.58. The number of amides is 1. The van der Waals surface area contributed by atoms with Crippen LogP contribution in [0.5, 0.6) is 11.5 Å². The van der Waals surface area contributed by atoms with E-state index >= 15 is 0 Å². The summed E-state index contributed by atoms with van der Waals surface area (Å²) in [5.41, 5.74) is 2.30. The van der Waals surface area contributed by atoms with Crippen molar-refractivity contribution in [2.24, 2.45) is 0 Å². The average molecular weight is 496 g/mol. The molecule has 0 radical (unpaired) electrons. The molecule has 0 spiro atoms. The first-order valence-electron chi connectivity index (χ1n) is 11.0. The molecule has 0 aromatic heterocycles. The monoisotopic (exact) mass is 495 g/mol. The van der Waals surface area contributed by atoms with Crippen LogP contribution in [-0.4, -0.2) is 40.8 Å². The molecule has 3 aromatic carbocycles. The molecule has 2 unspecified atom stereocenters. The van der Waals surface area contributed by atoms with E-state index in [0.29, 0.717) is 22.6 Å². The van der Waals surface area contributed by atoms with Crippen LogP contribution >= 0.6 is 11.8 Å². The largest absolute Gasteiger partial charge is 0.497 e. The molecule has 6 nitrogen and oxygen atoms in total. The molecule has 0 aliphatic carbocycles. The zero-order valence-corrected chi connectivity index (χ0v) is 20.5. The minimum Gasteiger partial charge on any atom is -0.497 e. The number of carboxylic acid groups (broad SMARTS) is 1. The number of hydrogen-bond acceptors (Lipinski definition) is 5. The second kappa shape index (κ2) is 10.00. The van der Waals surface area contributed by atoms with Crippen LogP contribution in [0.2, 0.25) is 0 Å². The van der Waals surface area contributed by atoms with Gasteiger partial charge in [-0.1, -0.05) is 29.8 Å². The van der Waals surface area contributed by atoms with Crippen LogP contribution in [-0.2, 0) is 16.1 Å². The SMILES string of the molecule is COc1ccc(CN2C(=O)CC(Sc3ccc(C)cc3)(C(=O)O)C2c2ccc(F)cc2)c(OC)c1. The first-order valence-corrected chi connectivity index (χ1v) is 11.8. The number of rotatable bonds is 8. The number of carbonyl (C=O) groups excluding carboxylic acids is 1. The van der Waals surface area contributed by atoms with Gasteiger partial charge in [-0.15, -0.1) is 11.8 Å². The van der Waals surface area contributed by atoms with E-state index in [0.717, 1.165) is 22.2 Å².